The first-order valence-corrected chi connectivity index (χ1v) is 7.31. The predicted octanol–water partition coefficient (Wildman–Crippen LogP) is 3.43. The molecule has 0 aromatic heterocycles. The molecule has 0 fully saturated rings. The summed E-state index contributed by atoms with van der Waals surface area (Å²) in [7, 11) is 0. The van der Waals surface area contributed by atoms with Crippen molar-refractivity contribution >= 4 is 11.6 Å². The highest BCUT2D eigenvalue weighted by Crippen LogP contribution is 2.20. The topological polar surface area (TPSA) is 30.5 Å². The van der Waals surface area contributed by atoms with Gasteiger partial charge >= 0.3 is 0 Å². The van der Waals surface area contributed by atoms with Gasteiger partial charge in [0, 0.05) is 18.2 Å². The molecule has 0 aliphatic heterocycles. The molecule has 0 saturated heterocycles. The lowest BCUT2D eigenvalue weighted by Gasteiger charge is -2.19. The molecule has 19 heavy (non-hydrogen) atoms. The van der Waals surface area contributed by atoms with Crippen molar-refractivity contribution in [2.75, 3.05) is 32.9 Å². The minimum absolute atomic E-state index is 0.0175. The highest BCUT2D eigenvalue weighted by atomic mass is 35.5. The van der Waals surface area contributed by atoms with E-state index in [9.17, 15) is 0 Å². The third-order valence-corrected chi connectivity index (χ3v) is 2.93. The van der Waals surface area contributed by atoms with Crippen molar-refractivity contribution < 1.29 is 9.47 Å². The molecule has 1 aromatic rings. The summed E-state index contributed by atoms with van der Waals surface area (Å²) in [5.74, 6) is 0. The first-order chi connectivity index (χ1) is 9.27. The van der Waals surface area contributed by atoms with Crippen molar-refractivity contribution in [1.29, 1.82) is 0 Å². The lowest BCUT2D eigenvalue weighted by Crippen LogP contribution is -2.24. The van der Waals surface area contributed by atoms with Crippen LogP contribution in [0.1, 0.15) is 31.9 Å². The summed E-state index contributed by atoms with van der Waals surface area (Å²) in [6.07, 6.45) is 1.05. The predicted molar refractivity (Wildman–Crippen MR) is 79.8 cm³/mol. The van der Waals surface area contributed by atoms with Crippen LogP contribution in [0.3, 0.4) is 0 Å². The third kappa shape index (κ3) is 6.92. The normalized spacial score (nSPS) is 12.6. The third-order valence-electron chi connectivity index (χ3n) is 2.70. The van der Waals surface area contributed by atoms with Gasteiger partial charge in [-0.25, -0.2) is 0 Å². The number of rotatable bonds is 10. The molecule has 0 spiro atoms. The van der Waals surface area contributed by atoms with Crippen molar-refractivity contribution in [2.24, 2.45) is 0 Å². The summed E-state index contributed by atoms with van der Waals surface area (Å²) < 4.78 is 11.3. The van der Waals surface area contributed by atoms with Crippen LogP contribution in [0.2, 0.25) is 5.02 Å². The minimum atomic E-state index is 0.0175. The number of hydrogen-bond acceptors (Lipinski definition) is 3. The minimum Gasteiger partial charge on any atom is -0.379 e. The van der Waals surface area contributed by atoms with Gasteiger partial charge in [0.2, 0.25) is 0 Å². The molecule has 1 atom stereocenters. The Hall–Kier alpha value is -0.610. The van der Waals surface area contributed by atoms with Crippen LogP contribution >= 0.6 is 11.6 Å². The van der Waals surface area contributed by atoms with Gasteiger partial charge in [-0.05, 0) is 30.7 Å². The zero-order valence-electron chi connectivity index (χ0n) is 11.8. The van der Waals surface area contributed by atoms with Gasteiger partial charge in [0.1, 0.15) is 0 Å². The number of hydrogen-bond donors (Lipinski definition) is 1. The Morgan fingerprint density at radius 2 is 2.05 bits per heavy atom. The van der Waals surface area contributed by atoms with Crippen molar-refractivity contribution in [1.82, 2.24) is 5.32 Å². The number of halogens is 1. The molecule has 0 aliphatic rings. The molecular weight excluding hydrogens is 262 g/mol. The molecule has 0 amide bonds. The van der Waals surface area contributed by atoms with E-state index < -0.39 is 0 Å². The van der Waals surface area contributed by atoms with Crippen LogP contribution in [0, 0.1) is 0 Å². The highest BCUT2D eigenvalue weighted by molar-refractivity contribution is 6.30. The average Bonchev–Trinajstić information content (AvgIpc) is 2.42. The van der Waals surface area contributed by atoms with Crippen LogP contribution in [0.15, 0.2) is 24.3 Å². The highest BCUT2D eigenvalue weighted by Gasteiger charge is 2.11. The zero-order chi connectivity index (χ0) is 13.9. The van der Waals surface area contributed by atoms with Crippen LogP contribution in [-0.2, 0) is 9.47 Å². The second kappa shape index (κ2) is 10.2. The Bertz CT molecular complexity index is 347. The SMILES string of the molecule is CCCOCCOC(CNCC)c1cccc(Cl)c1. The van der Waals surface area contributed by atoms with Crippen LogP contribution in [0.4, 0.5) is 0 Å². The van der Waals surface area contributed by atoms with Crippen LogP contribution in [-0.4, -0.2) is 32.9 Å². The molecule has 108 valence electrons. The molecule has 3 nitrogen and oxygen atoms in total. The number of benzene rings is 1. The number of likely N-dealkylation sites (N-methyl/N-ethyl adjacent to an activating group) is 1. The Morgan fingerprint density at radius 1 is 1.21 bits per heavy atom. The van der Waals surface area contributed by atoms with Gasteiger partial charge in [-0.3, -0.25) is 0 Å². The van der Waals surface area contributed by atoms with Gasteiger partial charge < -0.3 is 14.8 Å². The van der Waals surface area contributed by atoms with E-state index >= 15 is 0 Å². The second-order valence-electron chi connectivity index (χ2n) is 4.33. The first kappa shape index (κ1) is 16.4. The largest absolute Gasteiger partial charge is 0.379 e. The summed E-state index contributed by atoms with van der Waals surface area (Å²) in [5, 5.41) is 4.05. The second-order valence-corrected chi connectivity index (χ2v) is 4.77. The molecule has 0 saturated carbocycles. The molecule has 4 heteroatoms. The summed E-state index contributed by atoms with van der Waals surface area (Å²) in [5.41, 5.74) is 1.10. The molecule has 1 N–H and O–H groups in total. The van der Waals surface area contributed by atoms with Crippen molar-refractivity contribution in [3.8, 4) is 0 Å². The fraction of sp³-hybridized carbons (Fsp3) is 0.600. The van der Waals surface area contributed by atoms with E-state index in [2.05, 4.69) is 19.2 Å². The number of nitrogens with one attached hydrogen (secondary N) is 1. The average molecular weight is 286 g/mol. The molecule has 0 aliphatic carbocycles. The summed E-state index contributed by atoms with van der Waals surface area (Å²) in [6, 6.07) is 7.82. The van der Waals surface area contributed by atoms with E-state index in [4.69, 9.17) is 21.1 Å². The molecule has 1 rings (SSSR count). The molecule has 0 radical (unpaired) electrons. The van der Waals surface area contributed by atoms with Gasteiger partial charge in [0.05, 0.1) is 19.3 Å². The fourth-order valence-corrected chi connectivity index (χ4v) is 1.95. The molecular formula is C15H24ClNO2. The van der Waals surface area contributed by atoms with E-state index in [0.29, 0.717) is 13.2 Å². The van der Waals surface area contributed by atoms with Gasteiger partial charge in [-0.15, -0.1) is 0 Å². The van der Waals surface area contributed by atoms with Crippen LogP contribution < -0.4 is 5.32 Å². The van der Waals surface area contributed by atoms with Gasteiger partial charge in [0.15, 0.2) is 0 Å². The van der Waals surface area contributed by atoms with Crippen LogP contribution in [0.25, 0.3) is 0 Å². The fourth-order valence-electron chi connectivity index (χ4n) is 1.75. The van der Waals surface area contributed by atoms with Gasteiger partial charge in [-0.2, -0.15) is 0 Å². The van der Waals surface area contributed by atoms with E-state index in [0.717, 1.165) is 36.7 Å². The lowest BCUT2D eigenvalue weighted by molar-refractivity contribution is 0.00446. The standard InChI is InChI=1S/C15H24ClNO2/c1-3-8-18-9-10-19-15(12-17-4-2)13-6-5-7-14(16)11-13/h5-7,11,15,17H,3-4,8-10,12H2,1-2H3. The quantitative estimate of drug-likeness (QED) is 0.668. The van der Waals surface area contributed by atoms with Crippen molar-refractivity contribution in [3.63, 3.8) is 0 Å². The first-order valence-electron chi connectivity index (χ1n) is 6.93. The summed E-state index contributed by atoms with van der Waals surface area (Å²) in [6.45, 7) is 7.91. The molecule has 0 heterocycles. The number of ether oxygens (including phenoxy) is 2. The summed E-state index contributed by atoms with van der Waals surface area (Å²) in [4.78, 5) is 0. The van der Waals surface area contributed by atoms with E-state index in [-0.39, 0.29) is 6.10 Å². The maximum Gasteiger partial charge on any atom is 0.0950 e. The summed E-state index contributed by atoms with van der Waals surface area (Å²) >= 11 is 6.02. The Labute approximate surface area is 121 Å². The zero-order valence-corrected chi connectivity index (χ0v) is 12.6. The van der Waals surface area contributed by atoms with Crippen LogP contribution in [0.5, 0.6) is 0 Å². The van der Waals surface area contributed by atoms with Crippen molar-refractivity contribution in [3.05, 3.63) is 34.9 Å². The smallest absolute Gasteiger partial charge is 0.0950 e. The molecule has 0 bridgehead atoms. The maximum atomic E-state index is 6.02. The Morgan fingerprint density at radius 3 is 2.74 bits per heavy atom. The Kier molecular flexibility index (Phi) is 8.84. The van der Waals surface area contributed by atoms with E-state index in [1.165, 1.54) is 0 Å². The van der Waals surface area contributed by atoms with E-state index in [1.807, 2.05) is 24.3 Å². The monoisotopic (exact) mass is 285 g/mol. The van der Waals surface area contributed by atoms with Gasteiger partial charge in [-0.1, -0.05) is 37.6 Å². The van der Waals surface area contributed by atoms with Gasteiger partial charge in [0.25, 0.3) is 0 Å². The lowest BCUT2D eigenvalue weighted by atomic mass is 10.1. The molecule has 1 aromatic carbocycles. The maximum absolute atomic E-state index is 6.02. The van der Waals surface area contributed by atoms with E-state index in [1.54, 1.807) is 0 Å². The van der Waals surface area contributed by atoms with Crippen molar-refractivity contribution in [2.45, 2.75) is 26.4 Å². The Balaban J connectivity index is 2.47. The molecule has 1 unspecified atom stereocenters.